The van der Waals surface area contributed by atoms with Crippen molar-refractivity contribution in [3.8, 4) is 0 Å². The number of carbonyl (C=O) groups is 1. The summed E-state index contributed by atoms with van der Waals surface area (Å²) < 4.78 is 32.8. The van der Waals surface area contributed by atoms with E-state index in [-0.39, 0.29) is 30.9 Å². The minimum atomic E-state index is -3.47. The van der Waals surface area contributed by atoms with E-state index in [1.54, 1.807) is 4.90 Å². The van der Waals surface area contributed by atoms with Gasteiger partial charge in [0.1, 0.15) is 6.61 Å². The monoisotopic (exact) mass is 402 g/mol. The summed E-state index contributed by atoms with van der Waals surface area (Å²) in [5.74, 6) is -0.133. The van der Waals surface area contributed by atoms with E-state index < -0.39 is 10.0 Å². The smallest absolute Gasteiger partial charge is 0.248 e. The van der Waals surface area contributed by atoms with Crippen molar-refractivity contribution in [3.05, 3.63) is 71.3 Å². The fourth-order valence-corrected chi connectivity index (χ4v) is 4.28. The molecule has 150 valence electrons. The number of carbonyl (C=O) groups excluding carboxylic acids is 1. The number of nitrogens with one attached hydrogen (secondary N) is 1. The van der Waals surface area contributed by atoms with Crippen molar-refractivity contribution in [1.29, 1.82) is 0 Å². The van der Waals surface area contributed by atoms with Crippen LogP contribution in [0.3, 0.4) is 0 Å². The summed E-state index contributed by atoms with van der Waals surface area (Å²) in [5.41, 5.74) is 2.99. The summed E-state index contributed by atoms with van der Waals surface area (Å²) >= 11 is 0. The van der Waals surface area contributed by atoms with Gasteiger partial charge in [-0.3, -0.25) is 4.79 Å². The summed E-state index contributed by atoms with van der Waals surface area (Å²) in [6.07, 6.45) is 0.416. The molecule has 1 aliphatic heterocycles. The number of ether oxygens (including phenoxy) is 1. The van der Waals surface area contributed by atoms with E-state index in [1.807, 2.05) is 61.5 Å². The Kier molecular flexibility index (Phi) is 6.83. The van der Waals surface area contributed by atoms with Crippen molar-refractivity contribution < 1.29 is 17.9 Å². The van der Waals surface area contributed by atoms with Crippen LogP contribution in [0.4, 0.5) is 0 Å². The first kappa shape index (κ1) is 20.5. The topological polar surface area (TPSA) is 75.7 Å². The Morgan fingerprint density at radius 3 is 2.50 bits per heavy atom. The lowest BCUT2D eigenvalue weighted by Crippen LogP contribution is -2.51. The van der Waals surface area contributed by atoms with Gasteiger partial charge >= 0.3 is 0 Å². The maximum Gasteiger partial charge on any atom is 0.248 e. The molecule has 1 aliphatic rings. The van der Waals surface area contributed by atoms with Gasteiger partial charge in [0.25, 0.3) is 0 Å². The first-order chi connectivity index (χ1) is 13.4. The number of rotatable bonds is 8. The van der Waals surface area contributed by atoms with Crippen LogP contribution in [0.15, 0.2) is 54.6 Å². The molecule has 1 unspecified atom stereocenters. The molecule has 0 saturated carbocycles. The first-order valence-electron chi connectivity index (χ1n) is 9.37. The van der Waals surface area contributed by atoms with Crippen LogP contribution in [-0.2, 0) is 31.7 Å². The van der Waals surface area contributed by atoms with E-state index in [0.29, 0.717) is 13.1 Å². The second-order valence-electron chi connectivity index (χ2n) is 7.10. The van der Waals surface area contributed by atoms with Crippen LogP contribution in [0.5, 0.6) is 0 Å². The molecule has 0 aliphatic carbocycles. The molecule has 1 heterocycles. The van der Waals surface area contributed by atoms with Gasteiger partial charge in [-0.15, -0.1) is 0 Å². The number of amides is 1. The fourth-order valence-electron chi connectivity index (χ4n) is 3.10. The third-order valence-electron chi connectivity index (χ3n) is 4.74. The Hall–Kier alpha value is -2.22. The molecule has 1 fully saturated rings. The lowest BCUT2D eigenvalue weighted by molar-refractivity contribution is -0.148. The number of aryl methyl sites for hydroxylation is 1. The Bertz CT molecular complexity index is 882. The molecular weight excluding hydrogens is 376 g/mol. The number of morpholine rings is 1. The Morgan fingerprint density at radius 2 is 1.79 bits per heavy atom. The predicted molar refractivity (Wildman–Crippen MR) is 108 cm³/mol. The SMILES string of the molecule is Cc1ccc(CS(=O)(=O)NCC2CN(CCc3ccccc3)C(=O)CO2)cc1. The summed E-state index contributed by atoms with van der Waals surface area (Å²) in [7, 11) is -3.47. The average molecular weight is 403 g/mol. The van der Waals surface area contributed by atoms with Crippen molar-refractivity contribution in [2.75, 3.05) is 26.2 Å². The molecule has 7 heteroatoms. The Morgan fingerprint density at radius 1 is 1.07 bits per heavy atom. The van der Waals surface area contributed by atoms with Gasteiger partial charge in [0.2, 0.25) is 15.9 Å². The fraction of sp³-hybridized carbons (Fsp3) is 0.381. The molecule has 2 aromatic rings. The zero-order valence-electron chi connectivity index (χ0n) is 16.0. The van der Waals surface area contributed by atoms with Gasteiger partial charge in [0.05, 0.1) is 11.9 Å². The Balaban J connectivity index is 1.49. The van der Waals surface area contributed by atoms with Gasteiger partial charge in [-0.05, 0) is 24.5 Å². The van der Waals surface area contributed by atoms with Crippen molar-refractivity contribution in [2.24, 2.45) is 0 Å². The van der Waals surface area contributed by atoms with E-state index >= 15 is 0 Å². The molecule has 0 spiro atoms. The highest BCUT2D eigenvalue weighted by atomic mass is 32.2. The quantitative estimate of drug-likeness (QED) is 0.732. The molecule has 1 saturated heterocycles. The van der Waals surface area contributed by atoms with Crippen molar-refractivity contribution >= 4 is 15.9 Å². The lowest BCUT2D eigenvalue weighted by atomic mass is 10.1. The normalized spacial score (nSPS) is 17.7. The third kappa shape index (κ3) is 6.15. The molecule has 3 rings (SSSR count). The van der Waals surface area contributed by atoms with E-state index in [9.17, 15) is 13.2 Å². The zero-order valence-corrected chi connectivity index (χ0v) is 16.8. The van der Waals surface area contributed by atoms with Gasteiger partial charge in [-0.1, -0.05) is 60.2 Å². The largest absolute Gasteiger partial charge is 0.365 e. The third-order valence-corrected chi connectivity index (χ3v) is 6.06. The van der Waals surface area contributed by atoms with Gasteiger partial charge in [0.15, 0.2) is 0 Å². The number of hydrogen-bond acceptors (Lipinski definition) is 4. The lowest BCUT2D eigenvalue weighted by Gasteiger charge is -2.33. The van der Waals surface area contributed by atoms with Crippen LogP contribution >= 0.6 is 0 Å². The van der Waals surface area contributed by atoms with Crippen LogP contribution in [0, 0.1) is 6.92 Å². The number of benzene rings is 2. The average Bonchev–Trinajstić information content (AvgIpc) is 2.69. The summed E-state index contributed by atoms with van der Waals surface area (Å²) in [4.78, 5) is 13.8. The van der Waals surface area contributed by atoms with Gasteiger partial charge in [-0.25, -0.2) is 13.1 Å². The molecule has 1 amide bonds. The van der Waals surface area contributed by atoms with Crippen molar-refractivity contribution in [1.82, 2.24) is 9.62 Å². The number of nitrogens with zero attached hydrogens (tertiary/aromatic N) is 1. The zero-order chi connectivity index (χ0) is 20.0. The van der Waals surface area contributed by atoms with Crippen LogP contribution in [0.2, 0.25) is 0 Å². The molecule has 28 heavy (non-hydrogen) atoms. The highest BCUT2D eigenvalue weighted by Crippen LogP contribution is 2.10. The molecule has 2 aromatic carbocycles. The predicted octanol–water partition coefficient (Wildman–Crippen LogP) is 1.88. The van der Waals surface area contributed by atoms with Crippen LogP contribution in [0.1, 0.15) is 16.7 Å². The van der Waals surface area contributed by atoms with Crippen LogP contribution < -0.4 is 4.72 Å². The Labute approximate surface area is 166 Å². The van der Waals surface area contributed by atoms with E-state index in [4.69, 9.17) is 4.74 Å². The number of hydrogen-bond donors (Lipinski definition) is 1. The van der Waals surface area contributed by atoms with E-state index in [1.165, 1.54) is 0 Å². The second-order valence-corrected chi connectivity index (χ2v) is 8.91. The molecule has 1 atom stereocenters. The minimum Gasteiger partial charge on any atom is -0.365 e. The molecule has 0 aromatic heterocycles. The molecule has 6 nitrogen and oxygen atoms in total. The van der Waals surface area contributed by atoms with Gasteiger partial charge in [0, 0.05) is 19.6 Å². The highest BCUT2D eigenvalue weighted by molar-refractivity contribution is 7.88. The standard InChI is InChI=1S/C21H26N2O4S/c1-17-7-9-19(10-8-17)16-28(25,26)22-13-20-14-23(21(24)15-27-20)12-11-18-5-3-2-4-6-18/h2-10,20,22H,11-16H2,1H3. The summed E-state index contributed by atoms with van der Waals surface area (Å²) in [6, 6.07) is 17.4. The summed E-state index contributed by atoms with van der Waals surface area (Å²) in [5, 5.41) is 0. The van der Waals surface area contributed by atoms with Gasteiger partial charge in [-0.2, -0.15) is 0 Å². The van der Waals surface area contributed by atoms with Crippen molar-refractivity contribution in [2.45, 2.75) is 25.2 Å². The molecule has 0 radical (unpaired) electrons. The number of sulfonamides is 1. The first-order valence-corrected chi connectivity index (χ1v) is 11.0. The van der Waals surface area contributed by atoms with E-state index in [0.717, 1.165) is 23.1 Å². The van der Waals surface area contributed by atoms with Crippen molar-refractivity contribution in [3.63, 3.8) is 0 Å². The minimum absolute atomic E-state index is 0.0147. The second kappa shape index (κ2) is 9.32. The van der Waals surface area contributed by atoms with Gasteiger partial charge < -0.3 is 9.64 Å². The highest BCUT2D eigenvalue weighted by Gasteiger charge is 2.27. The summed E-state index contributed by atoms with van der Waals surface area (Å²) in [6.45, 7) is 3.09. The molecular formula is C21H26N2O4S. The molecule has 0 bridgehead atoms. The maximum absolute atomic E-state index is 12.3. The molecule has 1 N–H and O–H groups in total. The van der Waals surface area contributed by atoms with Crippen LogP contribution in [-0.4, -0.2) is 51.6 Å². The van der Waals surface area contributed by atoms with E-state index in [2.05, 4.69) is 4.72 Å². The van der Waals surface area contributed by atoms with Crippen LogP contribution in [0.25, 0.3) is 0 Å². The maximum atomic E-state index is 12.3.